The fourth-order valence-electron chi connectivity index (χ4n) is 2.04. The van der Waals surface area contributed by atoms with E-state index in [0.717, 1.165) is 5.56 Å². The Morgan fingerprint density at radius 1 is 1.33 bits per heavy atom. The molecule has 2 nitrogen and oxygen atoms in total. The molecule has 114 valence electrons. The van der Waals surface area contributed by atoms with Gasteiger partial charge in [-0.05, 0) is 36.7 Å². The maximum Gasteiger partial charge on any atom is 0.443 e. The first-order valence-electron chi connectivity index (χ1n) is 6.35. The first-order chi connectivity index (χ1) is 9.82. The van der Waals surface area contributed by atoms with Crippen molar-refractivity contribution in [1.29, 1.82) is 0 Å². The van der Waals surface area contributed by atoms with Crippen LogP contribution >= 0.6 is 11.3 Å². The zero-order valence-electron chi connectivity index (χ0n) is 11.5. The van der Waals surface area contributed by atoms with E-state index in [0.29, 0.717) is 28.3 Å². The molecule has 0 bridgehead atoms. The minimum Gasteiger partial charge on any atom is -0.306 e. The standard InChI is InChI=1S/C14H14F4N2S/c1-3-19-12(10-6-9(15)5-4-8(10)2)11-7-20-13(21-11)14(16,17)18/h4-7,12,19H,3H2,1-2H3. The smallest absolute Gasteiger partial charge is 0.306 e. The molecule has 2 rings (SSSR count). The number of benzene rings is 1. The van der Waals surface area contributed by atoms with E-state index in [2.05, 4.69) is 10.3 Å². The molecular formula is C14H14F4N2S. The predicted molar refractivity (Wildman–Crippen MR) is 73.8 cm³/mol. The van der Waals surface area contributed by atoms with Crippen LogP contribution in [0.15, 0.2) is 24.4 Å². The van der Waals surface area contributed by atoms with Crippen LogP contribution in [0.1, 0.15) is 34.0 Å². The van der Waals surface area contributed by atoms with Crippen molar-refractivity contribution >= 4 is 11.3 Å². The van der Waals surface area contributed by atoms with Gasteiger partial charge >= 0.3 is 6.18 Å². The lowest BCUT2D eigenvalue weighted by Gasteiger charge is -2.19. The third-order valence-electron chi connectivity index (χ3n) is 3.01. The lowest BCUT2D eigenvalue weighted by Crippen LogP contribution is -2.22. The molecule has 0 fully saturated rings. The summed E-state index contributed by atoms with van der Waals surface area (Å²) in [6.45, 7) is 4.18. The van der Waals surface area contributed by atoms with Gasteiger partial charge in [0, 0.05) is 11.1 Å². The van der Waals surface area contributed by atoms with Gasteiger partial charge in [-0.25, -0.2) is 9.37 Å². The average Bonchev–Trinajstić information content (AvgIpc) is 2.88. The summed E-state index contributed by atoms with van der Waals surface area (Å²) in [6.07, 6.45) is -3.26. The Labute approximate surface area is 123 Å². The van der Waals surface area contributed by atoms with Gasteiger partial charge in [0.15, 0.2) is 5.01 Å². The Hall–Kier alpha value is -1.47. The van der Waals surface area contributed by atoms with Gasteiger partial charge in [0.2, 0.25) is 0 Å². The van der Waals surface area contributed by atoms with Crippen molar-refractivity contribution in [3.63, 3.8) is 0 Å². The summed E-state index contributed by atoms with van der Waals surface area (Å²) in [5, 5.41) is 2.19. The molecule has 7 heteroatoms. The van der Waals surface area contributed by atoms with Gasteiger partial charge in [0.25, 0.3) is 0 Å². The van der Waals surface area contributed by atoms with Crippen LogP contribution in [-0.4, -0.2) is 11.5 Å². The predicted octanol–water partition coefficient (Wildman–Crippen LogP) is 4.31. The number of thiazole rings is 1. The normalized spacial score (nSPS) is 13.4. The lowest BCUT2D eigenvalue weighted by molar-refractivity contribution is -0.137. The summed E-state index contributed by atoms with van der Waals surface area (Å²) in [4.78, 5) is 3.84. The number of halogens is 4. The minimum atomic E-state index is -4.46. The molecule has 0 radical (unpaired) electrons. The molecule has 21 heavy (non-hydrogen) atoms. The van der Waals surface area contributed by atoms with Crippen LogP contribution in [0.25, 0.3) is 0 Å². The highest BCUT2D eigenvalue weighted by molar-refractivity contribution is 7.11. The molecule has 0 aliphatic rings. The summed E-state index contributed by atoms with van der Waals surface area (Å²) in [6, 6.07) is 3.78. The summed E-state index contributed by atoms with van der Waals surface area (Å²) in [7, 11) is 0. The van der Waals surface area contributed by atoms with E-state index in [-0.39, 0.29) is 0 Å². The highest BCUT2D eigenvalue weighted by Gasteiger charge is 2.35. The van der Waals surface area contributed by atoms with Crippen molar-refractivity contribution in [3.8, 4) is 0 Å². The average molecular weight is 318 g/mol. The number of rotatable bonds is 4. The zero-order chi connectivity index (χ0) is 15.6. The van der Waals surface area contributed by atoms with Crippen LogP contribution < -0.4 is 5.32 Å². The highest BCUT2D eigenvalue weighted by atomic mass is 32.1. The number of aromatic nitrogens is 1. The molecule has 1 aromatic carbocycles. The van der Waals surface area contributed by atoms with Crippen LogP contribution in [-0.2, 0) is 6.18 Å². The molecule has 0 saturated carbocycles. The van der Waals surface area contributed by atoms with Crippen molar-refractivity contribution in [2.45, 2.75) is 26.1 Å². The molecule has 0 aliphatic carbocycles. The number of aryl methyl sites for hydroxylation is 1. The molecule has 1 aromatic heterocycles. The van der Waals surface area contributed by atoms with E-state index < -0.39 is 23.0 Å². The molecule has 0 aliphatic heterocycles. The molecule has 0 spiro atoms. The molecule has 1 N–H and O–H groups in total. The molecule has 0 amide bonds. The van der Waals surface area contributed by atoms with E-state index in [1.807, 2.05) is 6.92 Å². The molecule has 1 atom stereocenters. The van der Waals surface area contributed by atoms with E-state index >= 15 is 0 Å². The van der Waals surface area contributed by atoms with Crippen LogP contribution in [0.4, 0.5) is 17.6 Å². The summed E-state index contributed by atoms with van der Waals surface area (Å²) in [5.41, 5.74) is 1.43. The Bertz CT molecular complexity index is 622. The van der Waals surface area contributed by atoms with Gasteiger partial charge in [-0.1, -0.05) is 13.0 Å². The maximum absolute atomic E-state index is 13.4. The van der Waals surface area contributed by atoms with Crippen molar-refractivity contribution < 1.29 is 17.6 Å². The van der Waals surface area contributed by atoms with Gasteiger partial charge in [-0.2, -0.15) is 13.2 Å². The van der Waals surface area contributed by atoms with Crippen molar-refractivity contribution in [1.82, 2.24) is 10.3 Å². The monoisotopic (exact) mass is 318 g/mol. The van der Waals surface area contributed by atoms with E-state index in [4.69, 9.17) is 0 Å². The summed E-state index contributed by atoms with van der Waals surface area (Å²) in [5.74, 6) is -0.418. The quantitative estimate of drug-likeness (QED) is 0.850. The second kappa shape index (κ2) is 6.11. The Morgan fingerprint density at radius 3 is 2.62 bits per heavy atom. The van der Waals surface area contributed by atoms with E-state index in [1.54, 1.807) is 13.0 Å². The first-order valence-corrected chi connectivity index (χ1v) is 7.17. The Morgan fingerprint density at radius 2 is 2.05 bits per heavy atom. The summed E-state index contributed by atoms with van der Waals surface area (Å²) >= 11 is 0.576. The van der Waals surface area contributed by atoms with Crippen molar-refractivity contribution in [2.24, 2.45) is 0 Å². The number of hydrogen-bond donors (Lipinski definition) is 1. The van der Waals surface area contributed by atoms with Crippen LogP contribution in [0, 0.1) is 12.7 Å². The van der Waals surface area contributed by atoms with Crippen molar-refractivity contribution in [2.75, 3.05) is 6.54 Å². The molecule has 1 heterocycles. The Kier molecular flexibility index (Phi) is 4.63. The third kappa shape index (κ3) is 3.59. The Balaban J connectivity index is 2.44. The van der Waals surface area contributed by atoms with Crippen LogP contribution in [0.2, 0.25) is 0 Å². The molecule has 1 unspecified atom stereocenters. The number of alkyl halides is 3. The molecule has 2 aromatic rings. The fraction of sp³-hybridized carbons (Fsp3) is 0.357. The maximum atomic E-state index is 13.4. The van der Waals surface area contributed by atoms with Gasteiger partial charge < -0.3 is 5.32 Å². The zero-order valence-corrected chi connectivity index (χ0v) is 12.3. The number of nitrogens with one attached hydrogen (secondary N) is 1. The second-order valence-corrected chi connectivity index (χ2v) is 5.62. The van der Waals surface area contributed by atoms with Crippen LogP contribution in [0.5, 0.6) is 0 Å². The second-order valence-electron chi connectivity index (χ2n) is 4.56. The van der Waals surface area contributed by atoms with Gasteiger partial charge in [0.05, 0.1) is 6.04 Å². The van der Waals surface area contributed by atoms with Gasteiger partial charge in [0.1, 0.15) is 5.82 Å². The van der Waals surface area contributed by atoms with E-state index in [1.165, 1.54) is 18.3 Å². The van der Waals surface area contributed by atoms with Gasteiger partial charge in [-0.15, -0.1) is 11.3 Å². The van der Waals surface area contributed by atoms with E-state index in [9.17, 15) is 17.6 Å². The first kappa shape index (κ1) is 15.9. The fourth-order valence-corrected chi connectivity index (χ4v) is 2.92. The largest absolute Gasteiger partial charge is 0.443 e. The minimum absolute atomic E-state index is 0.415. The summed E-state index contributed by atoms with van der Waals surface area (Å²) < 4.78 is 51.4. The van der Waals surface area contributed by atoms with Crippen LogP contribution in [0.3, 0.4) is 0 Å². The van der Waals surface area contributed by atoms with Crippen molar-refractivity contribution in [3.05, 3.63) is 51.2 Å². The topological polar surface area (TPSA) is 24.9 Å². The molecule has 0 saturated heterocycles. The van der Waals surface area contributed by atoms with Gasteiger partial charge in [-0.3, -0.25) is 0 Å². The molecular weight excluding hydrogens is 304 g/mol. The third-order valence-corrected chi connectivity index (χ3v) is 4.12. The SMILES string of the molecule is CCNC(c1cnc(C(F)(F)F)s1)c1cc(F)ccc1C. The number of nitrogens with zero attached hydrogens (tertiary/aromatic N) is 1. The lowest BCUT2D eigenvalue weighted by atomic mass is 10.00. The number of hydrogen-bond acceptors (Lipinski definition) is 3. The highest BCUT2D eigenvalue weighted by Crippen LogP contribution is 2.36.